The van der Waals surface area contributed by atoms with Crippen LogP contribution in [0.4, 0.5) is 11.6 Å². The van der Waals surface area contributed by atoms with Crippen molar-refractivity contribution < 1.29 is 19.1 Å². The Morgan fingerprint density at radius 1 is 0.919 bits per heavy atom. The molecule has 0 aliphatic carbocycles. The molecule has 11 N–H and O–H groups in total. The van der Waals surface area contributed by atoms with Crippen LogP contribution in [0.25, 0.3) is 0 Å². The lowest BCUT2D eigenvalue weighted by Crippen LogP contribution is -2.42. The molecular formula is C22H31ClN10O4. The number of nitrogens with zero attached hydrogens (tertiary/aromatic N) is 4. The number of benzene rings is 1. The van der Waals surface area contributed by atoms with Gasteiger partial charge in [0.2, 0.25) is 11.8 Å². The molecule has 37 heavy (non-hydrogen) atoms. The van der Waals surface area contributed by atoms with Crippen LogP contribution in [-0.4, -0.2) is 76.2 Å². The number of hydrogen-bond donors (Lipinski definition) is 6. The standard InChI is InChI=1S/C22H31ClN10O4/c23-18-20(27)31-19(26)17(30-18)21(36)33(22(28)29)8-2-1-3-13-4-6-14(7-5-13)37-10-9-32(11-15(24)34)12-16(25)35/h4-7H,1-3,8-12H2,(H2,24,34)(H2,25,35)(H3,28,29)(H4,26,27,31). The quantitative estimate of drug-likeness (QED) is 0.101. The van der Waals surface area contributed by atoms with Crippen molar-refractivity contribution in [1.29, 1.82) is 5.41 Å². The topological polar surface area (TPSA) is 247 Å². The molecule has 0 spiro atoms. The second-order valence-corrected chi connectivity index (χ2v) is 8.43. The summed E-state index contributed by atoms with van der Waals surface area (Å²) in [5.74, 6) is -1.95. The average Bonchev–Trinajstić information content (AvgIpc) is 2.81. The van der Waals surface area contributed by atoms with E-state index in [4.69, 9.17) is 50.4 Å². The predicted octanol–water partition coefficient (Wildman–Crippen LogP) is -0.696. The monoisotopic (exact) mass is 534 g/mol. The van der Waals surface area contributed by atoms with Crippen molar-refractivity contribution in [3.05, 3.63) is 40.7 Å². The summed E-state index contributed by atoms with van der Waals surface area (Å²) in [5, 5.41) is 7.58. The summed E-state index contributed by atoms with van der Waals surface area (Å²) in [5.41, 5.74) is 28.0. The molecule has 0 aliphatic rings. The summed E-state index contributed by atoms with van der Waals surface area (Å²) >= 11 is 5.84. The van der Waals surface area contributed by atoms with Crippen molar-refractivity contribution in [2.45, 2.75) is 19.3 Å². The number of halogens is 1. The van der Waals surface area contributed by atoms with Gasteiger partial charge in [0.1, 0.15) is 12.4 Å². The van der Waals surface area contributed by atoms with Gasteiger partial charge in [-0.05, 0) is 37.0 Å². The number of rotatable bonds is 14. The largest absolute Gasteiger partial charge is 0.492 e. The second kappa shape index (κ2) is 13.8. The van der Waals surface area contributed by atoms with E-state index in [1.54, 1.807) is 12.1 Å². The van der Waals surface area contributed by atoms with Crippen LogP contribution >= 0.6 is 11.6 Å². The first kappa shape index (κ1) is 29.1. The van der Waals surface area contributed by atoms with Gasteiger partial charge in [0.15, 0.2) is 28.4 Å². The van der Waals surface area contributed by atoms with E-state index in [1.807, 2.05) is 12.1 Å². The van der Waals surface area contributed by atoms with Crippen LogP contribution < -0.4 is 33.4 Å². The molecule has 0 radical (unpaired) electrons. The number of primary amides is 2. The molecule has 200 valence electrons. The third-order valence-corrected chi connectivity index (χ3v) is 5.38. The van der Waals surface area contributed by atoms with E-state index < -0.39 is 23.7 Å². The normalized spacial score (nSPS) is 10.8. The highest BCUT2D eigenvalue weighted by molar-refractivity contribution is 6.31. The molecule has 3 amide bonds. The van der Waals surface area contributed by atoms with Crippen LogP contribution in [0.1, 0.15) is 28.9 Å². The zero-order valence-corrected chi connectivity index (χ0v) is 20.9. The maximum atomic E-state index is 12.8. The molecule has 0 atom stereocenters. The van der Waals surface area contributed by atoms with Gasteiger partial charge in [-0.25, -0.2) is 9.97 Å². The molecule has 0 bridgehead atoms. The highest BCUT2D eigenvalue weighted by Crippen LogP contribution is 2.19. The number of unbranched alkanes of at least 4 members (excludes halogenated alkanes) is 1. The molecule has 14 nitrogen and oxygen atoms in total. The third-order valence-electron chi connectivity index (χ3n) is 5.10. The first-order valence-corrected chi connectivity index (χ1v) is 11.6. The van der Waals surface area contributed by atoms with Gasteiger partial charge in [0.25, 0.3) is 5.91 Å². The number of aromatic nitrogens is 2. The van der Waals surface area contributed by atoms with Gasteiger partial charge in [-0.15, -0.1) is 0 Å². The Morgan fingerprint density at radius 3 is 2.11 bits per heavy atom. The Kier molecular flexibility index (Phi) is 10.8. The van der Waals surface area contributed by atoms with Crippen LogP contribution in [0.2, 0.25) is 5.15 Å². The van der Waals surface area contributed by atoms with Crippen molar-refractivity contribution in [2.75, 3.05) is 44.3 Å². The van der Waals surface area contributed by atoms with Gasteiger partial charge in [-0.1, -0.05) is 23.7 Å². The molecule has 2 rings (SSSR count). The van der Waals surface area contributed by atoms with Gasteiger partial charge >= 0.3 is 0 Å². The number of nitrogen functional groups attached to an aromatic ring is 2. The molecule has 2 aromatic rings. The maximum Gasteiger partial charge on any atom is 0.283 e. The van der Waals surface area contributed by atoms with Crippen LogP contribution in [-0.2, 0) is 16.0 Å². The second-order valence-electron chi connectivity index (χ2n) is 8.07. The van der Waals surface area contributed by atoms with Gasteiger partial charge in [-0.3, -0.25) is 29.6 Å². The average molecular weight is 535 g/mol. The van der Waals surface area contributed by atoms with E-state index in [2.05, 4.69) is 9.97 Å². The number of guanidine groups is 1. The third kappa shape index (κ3) is 9.42. The lowest BCUT2D eigenvalue weighted by molar-refractivity contribution is -0.122. The lowest BCUT2D eigenvalue weighted by atomic mass is 10.1. The Hall–Kier alpha value is -4.17. The molecule has 1 aromatic carbocycles. The zero-order chi connectivity index (χ0) is 27.5. The summed E-state index contributed by atoms with van der Waals surface area (Å²) in [7, 11) is 0. The molecule has 0 fully saturated rings. The van der Waals surface area contributed by atoms with Gasteiger partial charge < -0.3 is 33.4 Å². The number of nitrogens with one attached hydrogen (secondary N) is 1. The van der Waals surface area contributed by atoms with Crippen molar-refractivity contribution >= 4 is 46.9 Å². The van der Waals surface area contributed by atoms with Crippen molar-refractivity contribution in [2.24, 2.45) is 17.2 Å². The number of anilines is 2. The first-order chi connectivity index (χ1) is 17.5. The van der Waals surface area contributed by atoms with Gasteiger partial charge in [-0.2, -0.15) is 0 Å². The molecule has 0 unspecified atom stereocenters. The number of nitrogens with two attached hydrogens (primary N) is 5. The highest BCUT2D eigenvalue weighted by atomic mass is 35.5. The molecule has 1 aromatic heterocycles. The molecule has 0 saturated carbocycles. The Morgan fingerprint density at radius 2 is 1.54 bits per heavy atom. The van der Waals surface area contributed by atoms with Crippen molar-refractivity contribution in [1.82, 2.24) is 19.8 Å². The van der Waals surface area contributed by atoms with Crippen LogP contribution in [0, 0.1) is 5.41 Å². The number of aryl methyl sites for hydroxylation is 1. The molecule has 0 aliphatic heterocycles. The number of amides is 3. The van der Waals surface area contributed by atoms with E-state index >= 15 is 0 Å². The van der Waals surface area contributed by atoms with E-state index in [0.29, 0.717) is 31.6 Å². The smallest absolute Gasteiger partial charge is 0.283 e. The van der Waals surface area contributed by atoms with Crippen molar-refractivity contribution in [3.8, 4) is 5.75 Å². The van der Waals surface area contributed by atoms with E-state index in [-0.39, 0.29) is 48.7 Å². The summed E-state index contributed by atoms with van der Waals surface area (Å²) < 4.78 is 5.67. The van der Waals surface area contributed by atoms with E-state index in [1.165, 1.54) is 4.90 Å². The van der Waals surface area contributed by atoms with Gasteiger partial charge in [0, 0.05) is 13.1 Å². The molecule has 1 heterocycles. The van der Waals surface area contributed by atoms with Crippen LogP contribution in [0.15, 0.2) is 24.3 Å². The van der Waals surface area contributed by atoms with E-state index in [0.717, 1.165) is 10.5 Å². The molecular weight excluding hydrogens is 504 g/mol. The highest BCUT2D eigenvalue weighted by Gasteiger charge is 2.24. The molecule has 15 heteroatoms. The minimum absolute atomic E-state index is 0.0909. The lowest BCUT2D eigenvalue weighted by Gasteiger charge is -2.20. The number of hydrogen-bond acceptors (Lipinski definition) is 10. The summed E-state index contributed by atoms with van der Waals surface area (Å²) in [4.78, 5) is 45.2. The summed E-state index contributed by atoms with van der Waals surface area (Å²) in [6.45, 7) is 0.534. The summed E-state index contributed by atoms with van der Waals surface area (Å²) in [6, 6.07) is 7.42. The number of ether oxygens (including phenoxy) is 1. The van der Waals surface area contributed by atoms with Crippen molar-refractivity contribution in [3.63, 3.8) is 0 Å². The Balaban J connectivity index is 1.83. The van der Waals surface area contributed by atoms with Crippen LogP contribution in [0.5, 0.6) is 5.75 Å². The minimum Gasteiger partial charge on any atom is -0.492 e. The fraction of sp³-hybridized carbons (Fsp3) is 0.364. The van der Waals surface area contributed by atoms with E-state index in [9.17, 15) is 14.4 Å². The fourth-order valence-electron chi connectivity index (χ4n) is 3.36. The summed E-state index contributed by atoms with van der Waals surface area (Å²) in [6.07, 6.45) is 1.96. The van der Waals surface area contributed by atoms with Crippen LogP contribution in [0.3, 0.4) is 0 Å². The van der Waals surface area contributed by atoms with Gasteiger partial charge in [0.05, 0.1) is 13.1 Å². The Labute approximate surface area is 218 Å². The predicted molar refractivity (Wildman–Crippen MR) is 139 cm³/mol. The SMILES string of the molecule is N=C(N)N(CCCCc1ccc(OCCN(CC(N)=O)CC(N)=O)cc1)C(=O)c1nc(Cl)c(N)nc1N. The molecule has 0 saturated heterocycles. The number of carbonyl (C=O) groups excluding carboxylic acids is 3. The minimum atomic E-state index is -0.689. The Bertz CT molecular complexity index is 1110. The maximum absolute atomic E-state index is 12.8. The zero-order valence-electron chi connectivity index (χ0n) is 20.2. The number of carbonyl (C=O) groups is 3. The first-order valence-electron chi connectivity index (χ1n) is 11.2. The fourth-order valence-corrected chi connectivity index (χ4v) is 3.48.